The molecular weight excluding hydrogens is 250 g/mol. The van der Waals surface area contributed by atoms with E-state index >= 15 is 0 Å². The van der Waals surface area contributed by atoms with Gasteiger partial charge in [0.15, 0.2) is 5.82 Å². The Hall–Kier alpha value is -1.94. The van der Waals surface area contributed by atoms with Gasteiger partial charge >= 0.3 is 0 Å². The van der Waals surface area contributed by atoms with Gasteiger partial charge < -0.3 is 0 Å². The molecule has 0 aliphatic heterocycles. The van der Waals surface area contributed by atoms with Crippen LogP contribution in [-0.4, -0.2) is 17.0 Å². The molecule has 0 spiro atoms. The lowest BCUT2D eigenvalue weighted by atomic mass is 9.96. The van der Waals surface area contributed by atoms with E-state index in [9.17, 15) is 0 Å². The van der Waals surface area contributed by atoms with Crippen molar-refractivity contribution in [3.63, 3.8) is 0 Å². The van der Waals surface area contributed by atoms with Crippen LogP contribution in [0.5, 0.6) is 0 Å². The summed E-state index contributed by atoms with van der Waals surface area (Å²) in [6, 6.07) is 10.2. The number of anilines is 1. The van der Waals surface area contributed by atoms with Crippen molar-refractivity contribution in [3.05, 3.63) is 53.5 Å². The lowest BCUT2D eigenvalue weighted by Gasteiger charge is -2.23. The first kappa shape index (κ1) is 13.1. The molecule has 1 aliphatic rings. The Bertz CT molecular complexity index is 571. The molecular formula is C16H19N3O. The number of aryl methyl sites for hydroxylation is 1. The minimum atomic E-state index is 0.552. The molecule has 2 aromatic rings. The Morgan fingerprint density at radius 2 is 1.90 bits per heavy atom. The molecule has 0 radical (unpaired) electrons. The van der Waals surface area contributed by atoms with Gasteiger partial charge in [0, 0.05) is 18.3 Å². The fourth-order valence-electron chi connectivity index (χ4n) is 2.58. The molecule has 0 saturated carbocycles. The summed E-state index contributed by atoms with van der Waals surface area (Å²) in [7, 11) is 1.92. The monoisotopic (exact) mass is 269 g/mol. The summed E-state index contributed by atoms with van der Waals surface area (Å²) in [5.74, 6) is 0.908. The molecule has 0 fully saturated rings. The number of benzene rings is 1. The maximum Gasteiger partial charge on any atom is 0.158 e. The highest BCUT2D eigenvalue weighted by molar-refractivity contribution is 5.47. The van der Waals surface area contributed by atoms with Crippen LogP contribution in [0.1, 0.15) is 29.7 Å². The lowest BCUT2D eigenvalue weighted by Crippen LogP contribution is -2.22. The van der Waals surface area contributed by atoms with Gasteiger partial charge in [0.25, 0.3) is 0 Å². The van der Waals surface area contributed by atoms with Crippen molar-refractivity contribution < 1.29 is 4.84 Å². The first-order valence-corrected chi connectivity index (χ1v) is 7.08. The molecule has 4 heteroatoms. The van der Waals surface area contributed by atoms with E-state index in [1.807, 2.05) is 25.2 Å². The van der Waals surface area contributed by atoms with Crippen molar-refractivity contribution in [2.45, 2.75) is 32.3 Å². The average Bonchev–Trinajstić information content (AvgIpc) is 2.53. The van der Waals surface area contributed by atoms with E-state index in [0.29, 0.717) is 6.61 Å². The maximum absolute atomic E-state index is 5.82. The Morgan fingerprint density at radius 3 is 2.75 bits per heavy atom. The van der Waals surface area contributed by atoms with Crippen molar-refractivity contribution in [1.82, 2.24) is 9.97 Å². The standard InChI is InChI=1S/C16H19N3O/c1-19(20-11-13-7-3-2-4-8-13)16-14-9-5-6-10-15(14)17-12-18-16/h2-4,7-8,12H,5-6,9-11H2,1H3. The van der Waals surface area contributed by atoms with Gasteiger partial charge in [0.2, 0.25) is 0 Å². The highest BCUT2D eigenvalue weighted by Gasteiger charge is 2.18. The molecule has 20 heavy (non-hydrogen) atoms. The van der Waals surface area contributed by atoms with Crippen LogP contribution in [0, 0.1) is 0 Å². The first-order valence-electron chi connectivity index (χ1n) is 7.08. The number of rotatable bonds is 4. The number of hydrogen-bond acceptors (Lipinski definition) is 4. The molecule has 1 aromatic heterocycles. The van der Waals surface area contributed by atoms with Crippen molar-refractivity contribution in [1.29, 1.82) is 0 Å². The van der Waals surface area contributed by atoms with E-state index in [0.717, 1.165) is 24.2 Å². The average molecular weight is 269 g/mol. The largest absolute Gasteiger partial charge is 0.268 e. The molecule has 0 N–H and O–H groups in total. The normalized spacial score (nSPS) is 13.8. The molecule has 3 rings (SSSR count). The fourth-order valence-corrected chi connectivity index (χ4v) is 2.58. The molecule has 104 valence electrons. The Balaban J connectivity index is 1.72. The minimum absolute atomic E-state index is 0.552. The maximum atomic E-state index is 5.82. The molecule has 1 aliphatic carbocycles. The fraction of sp³-hybridized carbons (Fsp3) is 0.375. The van der Waals surface area contributed by atoms with E-state index < -0.39 is 0 Å². The number of fused-ring (bicyclic) bond motifs is 1. The third-order valence-corrected chi connectivity index (χ3v) is 3.67. The number of hydrogen-bond donors (Lipinski definition) is 0. The third-order valence-electron chi connectivity index (χ3n) is 3.67. The molecule has 0 unspecified atom stereocenters. The smallest absolute Gasteiger partial charge is 0.158 e. The highest BCUT2D eigenvalue weighted by Crippen LogP contribution is 2.26. The van der Waals surface area contributed by atoms with Gasteiger partial charge in [-0.05, 0) is 31.2 Å². The number of aromatic nitrogens is 2. The van der Waals surface area contributed by atoms with Crippen LogP contribution in [0.25, 0.3) is 0 Å². The van der Waals surface area contributed by atoms with Gasteiger partial charge in [-0.1, -0.05) is 30.3 Å². The Morgan fingerprint density at radius 1 is 1.10 bits per heavy atom. The quantitative estimate of drug-likeness (QED) is 0.800. The van der Waals surface area contributed by atoms with Crippen LogP contribution in [0.15, 0.2) is 36.7 Å². The molecule has 0 atom stereocenters. The zero-order chi connectivity index (χ0) is 13.8. The molecule has 0 saturated heterocycles. The van der Waals surface area contributed by atoms with Crippen LogP contribution in [0.2, 0.25) is 0 Å². The molecule has 0 bridgehead atoms. The zero-order valence-electron chi connectivity index (χ0n) is 11.7. The van der Waals surface area contributed by atoms with Gasteiger partial charge in [-0.2, -0.15) is 0 Å². The van der Waals surface area contributed by atoms with Crippen LogP contribution < -0.4 is 5.06 Å². The first-order chi connectivity index (χ1) is 9.84. The summed E-state index contributed by atoms with van der Waals surface area (Å²) < 4.78 is 0. The van der Waals surface area contributed by atoms with Gasteiger partial charge in [0.1, 0.15) is 6.33 Å². The van der Waals surface area contributed by atoms with Gasteiger partial charge in [-0.3, -0.25) is 4.84 Å². The topological polar surface area (TPSA) is 38.2 Å². The molecule has 0 amide bonds. The summed E-state index contributed by atoms with van der Waals surface area (Å²) >= 11 is 0. The highest BCUT2D eigenvalue weighted by atomic mass is 16.7. The summed E-state index contributed by atoms with van der Waals surface area (Å²) in [6.07, 6.45) is 6.17. The van der Waals surface area contributed by atoms with Crippen molar-refractivity contribution >= 4 is 5.82 Å². The predicted octanol–water partition coefficient (Wildman–Crippen LogP) is 2.92. The van der Waals surface area contributed by atoms with Crippen LogP contribution in [-0.2, 0) is 24.3 Å². The molecule has 1 heterocycles. The van der Waals surface area contributed by atoms with E-state index in [2.05, 4.69) is 22.1 Å². The summed E-state index contributed by atoms with van der Waals surface area (Å²) in [6.45, 7) is 0.552. The SMILES string of the molecule is CN(OCc1ccccc1)c1ncnc2c1CCCC2. The second kappa shape index (κ2) is 6.01. The second-order valence-corrected chi connectivity index (χ2v) is 5.09. The Kier molecular flexibility index (Phi) is 3.92. The number of nitrogens with zero attached hydrogens (tertiary/aromatic N) is 3. The molecule has 1 aromatic carbocycles. The van der Waals surface area contributed by atoms with Gasteiger partial charge in [-0.25, -0.2) is 15.0 Å². The molecule has 4 nitrogen and oxygen atoms in total. The van der Waals surface area contributed by atoms with Gasteiger partial charge in [0.05, 0.1) is 6.61 Å². The second-order valence-electron chi connectivity index (χ2n) is 5.09. The van der Waals surface area contributed by atoms with E-state index in [-0.39, 0.29) is 0 Å². The summed E-state index contributed by atoms with van der Waals surface area (Å²) in [5.41, 5.74) is 3.58. The summed E-state index contributed by atoms with van der Waals surface area (Å²) in [5, 5.41) is 1.78. The van der Waals surface area contributed by atoms with Crippen molar-refractivity contribution in [3.8, 4) is 0 Å². The third kappa shape index (κ3) is 2.80. The van der Waals surface area contributed by atoms with Crippen LogP contribution in [0.3, 0.4) is 0 Å². The van der Waals surface area contributed by atoms with Crippen LogP contribution >= 0.6 is 0 Å². The predicted molar refractivity (Wildman–Crippen MR) is 78.3 cm³/mol. The van der Waals surface area contributed by atoms with Crippen molar-refractivity contribution in [2.75, 3.05) is 12.1 Å². The van der Waals surface area contributed by atoms with E-state index in [4.69, 9.17) is 4.84 Å². The van der Waals surface area contributed by atoms with E-state index in [1.54, 1.807) is 11.4 Å². The van der Waals surface area contributed by atoms with Crippen LogP contribution in [0.4, 0.5) is 5.82 Å². The van der Waals surface area contributed by atoms with Gasteiger partial charge in [-0.15, -0.1) is 0 Å². The Labute approximate surface area is 119 Å². The minimum Gasteiger partial charge on any atom is -0.268 e. The van der Waals surface area contributed by atoms with Crippen molar-refractivity contribution in [2.24, 2.45) is 0 Å². The van der Waals surface area contributed by atoms with E-state index in [1.165, 1.54) is 24.1 Å². The summed E-state index contributed by atoms with van der Waals surface area (Å²) in [4.78, 5) is 14.6. The zero-order valence-corrected chi connectivity index (χ0v) is 11.7. The lowest BCUT2D eigenvalue weighted by molar-refractivity contribution is 0.106. The number of hydroxylamine groups is 1.